The Kier molecular flexibility index (Phi) is 9.31. The van der Waals surface area contributed by atoms with Crippen molar-refractivity contribution in [2.45, 2.75) is 19.4 Å². The van der Waals surface area contributed by atoms with Gasteiger partial charge >= 0.3 is 0 Å². The molecular formula is C15H22Cl2FN3O2. The van der Waals surface area contributed by atoms with Gasteiger partial charge in [0.05, 0.1) is 10.5 Å². The Balaban J connectivity index is 0.00000242. The molecular weight excluding hydrogens is 344 g/mol. The van der Waals surface area contributed by atoms with Crippen LogP contribution in [0.2, 0.25) is 0 Å². The van der Waals surface area contributed by atoms with Crippen LogP contribution in [0.3, 0.4) is 0 Å². The fraction of sp³-hybridized carbons (Fsp3) is 0.467. The highest BCUT2D eigenvalue weighted by molar-refractivity contribution is 5.85. The first-order chi connectivity index (χ1) is 9.99. The Morgan fingerprint density at radius 1 is 1.43 bits per heavy atom. The lowest BCUT2D eigenvalue weighted by Crippen LogP contribution is -2.45. The van der Waals surface area contributed by atoms with E-state index in [9.17, 15) is 14.5 Å². The van der Waals surface area contributed by atoms with Crippen LogP contribution in [0.4, 0.5) is 10.1 Å². The van der Waals surface area contributed by atoms with E-state index >= 15 is 0 Å². The molecule has 1 aliphatic rings. The Morgan fingerprint density at radius 2 is 2.04 bits per heavy atom. The summed E-state index contributed by atoms with van der Waals surface area (Å²) in [6, 6.07) is 3.46. The molecule has 0 saturated carbocycles. The average molecular weight is 366 g/mol. The van der Waals surface area contributed by atoms with Crippen molar-refractivity contribution in [3.05, 3.63) is 51.8 Å². The Morgan fingerprint density at radius 3 is 2.57 bits per heavy atom. The van der Waals surface area contributed by atoms with Crippen LogP contribution in [0.5, 0.6) is 0 Å². The van der Waals surface area contributed by atoms with Gasteiger partial charge in [0.15, 0.2) is 0 Å². The van der Waals surface area contributed by atoms with Crippen LogP contribution >= 0.6 is 24.8 Å². The van der Waals surface area contributed by atoms with Crippen LogP contribution in [0.15, 0.2) is 30.4 Å². The first-order valence-electron chi connectivity index (χ1n) is 7.02. The third kappa shape index (κ3) is 5.73. The summed E-state index contributed by atoms with van der Waals surface area (Å²) < 4.78 is 13.6. The number of benzene rings is 1. The van der Waals surface area contributed by atoms with Crippen molar-refractivity contribution in [1.29, 1.82) is 0 Å². The molecule has 1 aromatic rings. The first-order valence-corrected chi connectivity index (χ1v) is 7.02. The maximum absolute atomic E-state index is 13.6. The monoisotopic (exact) mass is 365 g/mol. The van der Waals surface area contributed by atoms with Crippen molar-refractivity contribution in [2.24, 2.45) is 0 Å². The van der Waals surface area contributed by atoms with E-state index in [1.165, 1.54) is 12.1 Å². The predicted molar refractivity (Wildman–Crippen MR) is 94.2 cm³/mol. The number of nitro benzene ring substituents is 1. The second kappa shape index (κ2) is 9.82. The summed E-state index contributed by atoms with van der Waals surface area (Å²) in [5.74, 6) is -0.447. The van der Waals surface area contributed by atoms with Crippen molar-refractivity contribution in [3.8, 4) is 0 Å². The van der Waals surface area contributed by atoms with Gasteiger partial charge in [-0.2, -0.15) is 0 Å². The molecule has 0 amide bonds. The number of nitrogens with one attached hydrogen (secondary N) is 1. The zero-order valence-corrected chi connectivity index (χ0v) is 14.6. The first kappa shape index (κ1) is 21.8. The standard InChI is InChI=1S/C15H20FN3O2.2ClH/c1-11(2)9-15(18-7-5-17-6-8-18)13-10-12(16)3-4-14(13)19(20)21;;/h3-4,10,15,17H,1,5-9H2,2H3;2*1H/t15-;;/m0../s1. The summed E-state index contributed by atoms with van der Waals surface area (Å²) in [6.45, 7) is 9.02. The summed E-state index contributed by atoms with van der Waals surface area (Å²) in [6.07, 6.45) is 0.588. The normalized spacial score (nSPS) is 15.9. The number of hydrogen-bond acceptors (Lipinski definition) is 4. The molecule has 0 aromatic heterocycles. The minimum Gasteiger partial charge on any atom is -0.314 e. The fourth-order valence-electron chi connectivity index (χ4n) is 2.72. The smallest absolute Gasteiger partial charge is 0.274 e. The fourth-order valence-corrected chi connectivity index (χ4v) is 2.72. The number of halogens is 3. The highest BCUT2D eigenvalue weighted by Crippen LogP contribution is 2.34. The maximum Gasteiger partial charge on any atom is 0.274 e. The lowest BCUT2D eigenvalue weighted by Gasteiger charge is -2.35. The minimum atomic E-state index is -0.447. The number of piperazine rings is 1. The molecule has 0 spiro atoms. The number of rotatable bonds is 5. The highest BCUT2D eigenvalue weighted by Gasteiger charge is 2.28. The molecule has 1 heterocycles. The molecule has 1 saturated heterocycles. The molecule has 1 N–H and O–H groups in total. The predicted octanol–water partition coefficient (Wildman–Crippen LogP) is 3.49. The minimum absolute atomic E-state index is 0. The van der Waals surface area contributed by atoms with Gasteiger partial charge in [-0.15, -0.1) is 31.4 Å². The molecule has 0 bridgehead atoms. The zero-order chi connectivity index (χ0) is 15.4. The second-order valence-corrected chi connectivity index (χ2v) is 5.42. The molecule has 1 atom stereocenters. The molecule has 1 aromatic carbocycles. The third-order valence-corrected chi connectivity index (χ3v) is 3.68. The summed E-state index contributed by atoms with van der Waals surface area (Å²) in [5, 5.41) is 14.5. The van der Waals surface area contributed by atoms with Gasteiger partial charge in [-0.05, 0) is 25.5 Å². The molecule has 130 valence electrons. The van der Waals surface area contributed by atoms with Crippen molar-refractivity contribution < 1.29 is 9.31 Å². The van der Waals surface area contributed by atoms with E-state index in [1.807, 2.05) is 6.92 Å². The van der Waals surface area contributed by atoms with Gasteiger partial charge in [-0.25, -0.2) is 4.39 Å². The number of nitrogens with zero attached hydrogens (tertiary/aromatic N) is 2. The van der Waals surface area contributed by atoms with E-state index < -0.39 is 10.7 Å². The van der Waals surface area contributed by atoms with Crippen LogP contribution in [0.1, 0.15) is 24.9 Å². The van der Waals surface area contributed by atoms with E-state index in [1.54, 1.807) is 0 Å². The largest absolute Gasteiger partial charge is 0.314 e. The Bertz CT molecular complexity index is 552. The Hall–Kier alpha value is -1.21. The lowest BCUT2D eigenvalue weighted by atomic mass is 9.96. The third-order valence-electron chi connectivity index (χ3n) is 3.68. The molecule has 5 nitrogen and oxygen atoms in total. The topological polar surface area (TPSA) is 58.4 Å². The van der Waals surface area contributed by atoms with Crippen molar-refractivity contribution in [3.63, 3.8) is 0 Å². The van der Waals surface area contributed by atoms with E-state index in [0.29, 0.717) is 12.0 Å². The van der Waals surface area contributed by atoms with E-state index in [4.69, 9.17) is 0 Å². The number of hydrogen-bond donors (Lipinski definition) is 1. The van der Waals surface area contributed by atoms with Gasteiger partial charge in [0.2, 0.25) is 0 Å². The van der Waals surface area contributed by atoms with Gasteiger partial charge in [0.25, 0.3) is 5.69 Å². The molecule has 0 radical (unpaired) electrons. The van der Waals surface area contributed by atoms with Crippen molar-refractivity contribution in [2.75, 3.05) is 26.2 Å². The number of nitro groups is 1. The summed E-state index contributed by atoms with van der Waals surface area (Å²) in [5.41, 5.74) is 1.34. The van der Waals surface area contributed by atoms with Gasteiger partial charge in [-0.1, -0.05) is 5.57 Å². The van der Waals surface area contributed by atoms with Crippen LogP contribution in [-0.2, 0) is 0 Å². The van der Waals surface area contributed by atoms with Crippen molar-refractivity contribution >= 4 is 30.5 Å². The molecule has 2 rings (SSSR count). The van der Waals surface area contributed by atoms with E-state index in [2.05, 4.69) is 16.8 Å². The van der Waals surface area contributed by atoms with Crippen LogP contribution in [-0.4, -0.2) is 36.0 Å². The lowest BCUT2D eigenvalue weighted by molar-refractivity contribution is -0.386. The summed E-state index contributed by atoms with van der Waals surface area (Å²) >= 11 is 0. The Labute approximate surface area is 147 Å². The molecule has 8 heteroatoms. The molecule has 0 unspecified atom stereocenters. The van der Waals surface area contributed by atoms with Crippen LogP contribution < -0.4 is 5.32 Å². The van der Waals surface area contributed by atoms with Crippen LogP contribution in [0, 0.1) is 15.9 Å². The van der Waals surface area contributed by atoms with Gasteiger partial charge in [-0.3, -0.25) is 15.0 Å². The van der Waals surface area contributed by atoms with Gasteiger partial charge in [0.1, 0.15) is 5.82 Å². The average Bonchev–Trinajstić information content (AvgIpc) is 2.45. The van der Waals surface area contributed by atoms with E-state index in [0.717, 1.165) is 37.8 Å². The van der Waals surface area contributed by atoms with Crippen LogP contribution in [0.25, 0.3) is 0 Å². The van der Waals surface area contributed by atoms with Gasteiger partial charge < -0.3 is 5.32 Å². The highest BCUT2D eigenvalue weighted by atomic mass is 35.5. The van der Waals surface area contributed by atoms with Crippen molar-refractivity contribution in [1.82, 2.24) is 10.2 Å². The molecule has 1 fully saturated rings. The summed E-state index contributed by atoms with van der Waals surface area (Å²) in [4.78, 5) is 13.0. The zero-order valence-electron chi connectivity index (χ0n) is 13.0. The molecule has 0 aliphatic carbocycles. The quantitative estimate of drug-likeness (QED) is 0.492. The summed E-state index contributed by atoms with van der Waals surface area (Å²) in [7, 11) is 0. The van der Waals surface area contributed by atoms with E-state index in [-0.39, 0.29) is 36.5 Å². The molecule has 1 aliphatic heterocycles. The SMILES string of the molecule is C=C(C)C[C@@H](c1cc(F)ccc1[N+](=O)[O-])N1CCNCC1.Cl.Cl. The second-order valence-electron chi connectivity index (χ2n) is 5.42. The maximum atomic E-state index is 13.6. The van der Waals surface area contributed by atoms with Gasteiger partial charge in [0, 0.05) is 38.3 Å². The molecule has 23 heavy (non-hydrogen) atoms.